The lowest BCUT2D eigenvalue weighted by Crippen LogP contribution is -2.47. The van der Waals surface area contributed by atoms with Gasteiger partial charge in [0, 0.05) is 17.4 Å². The van der Waals surface area contributed by atoms with E-state index in [1.165, 1.54) is 0 Å². The lowest BCUT2D eigenvalue weighted by molar-refractivity contribution is -0.119. The number of pyridine rings is 1. The summed E-state index contributed by atoms with van der Waals surface area (Å²) in [4.78, 5) is 29.8. The van der Waals surface area contributed by atoms with Crippen LogP contribution >= 0.6 is 11.6 Å². The molecule has 1 aromatic rings. The van der Waals surface area contributed by atoms with Crippen LogP contribution in [0.15, 0.2) is 12.1 Å². The smallest absolute Gasteiger partial charge is 0.423 e. The SMILES string of the molecule is CC(C)(C)OC(=O)N1C(=O)CC(C)(C)c2ccc(Cl)nc21. The summed E-state index contributed by atoms with van der Waals surface area (Å²) in [7, 11) is 0. The van der Waals surface area contributed by atoms with E-state index >= 15 is 0 Å². The van der Waals surface area contributed by atoms with Crippen LogP contribution in [-0.4, -0.2) is 22.6 Å². The molecule has 0 aliphatic carbocycles. The van der Waals surface area contributed by atoms with Gasteiger partial charge in [0.1, 0.15) is 10.8 Å². The predicted octanol–water partition coefficient (Wildman–Crippen LogP) is 3.68. The number of ether oxygens (including phenoxy) is 1. The average molecular weight is 311 g/mol. The highest BCUT2D eigenvalue weighted by Gasteiger charge is 2.42. The number of amides is 2. The zero-order valence-electron chi connectivity index (χ0n) is 12.9. The molecule has 0 spiro atoms. The molecule has 2 heterocycles. The van der Waals surface area contributed by atoms with Gasteiger partial charge in [-0.2, -0.15) is 4.90 Å². The normalized spacial score (nSPS) is 17.4. The number of fused-ring (bicyclic) bond motifs is 1. The summed E-state index contributed by atoms with van der Waals surface area (Å²) >= 11 is 5.92. The van der Waals surface area contributed by atoms with E-state index in [1.54, 1.807) is 32.9 Å². The molecule has 0 N–H and O–H groups in total. The zero-order valence-corrected chi connectivity index (χ0v) is 13.6. The second kappa shape index (κ2) is 4.98. The third-order valence-corrected chi connectivity index (χ3v) is 3.41. The molecule has 5 nitrogen and oxygen atoms in total. The van der Waals surface area contributed by atoms with Gasteiger partial charge in [0.05, 0.1) is 0 Å². The molecule has 0 aromatic carbocycles. The highest BCUT2D eigenvalue weighted by Crippen LogP contribution is 2.40. The Morgan fingerprint density at radius 2 is 2.00 bits per heavy atom. The minimum Gasteiger partial charge on any atom is -0.443 e. The summed E-state index contributed by atoms with van der Waals surface area (Å²) in [5.74, 6) is -0.0745. The van der Waals surface area contributed by atoms with Crippen LogP contribution in [0.25, 0.3) is 0 Å². The van der Waals surface area contributed by atoms with Gasteiger partial charge >= 0.3 is 6.09 Å². The number of halogens is 1. The highest BCUT2D eigenvalue weighted by molar-refractivity contribution is 6.29. The Kier molecular flexibility index (Phi) is 3.74. The summed E-state index contributed by atoms with van der Waals surface area (Å²) in [5, 5.41) is 0.229. The molecule has 0 bridgehead atoms. The molecule has 0 saturated carbocycles. The number of rotatable bonds is 0. The molecule has 0 atom stereocenters. The fourth-order valence-corrected chi connectivity index (χ4v) is 2.43. The molecule has 0 radical (unpaired) electrons. The van der Waals surface area contributed by atoms with Crippen molar-refractivity contribution < 1.29 is 14.3 Å². The van der Waals surface area contributed by atoms with E-state index < -0.39 is 17.1 Å². The van der Waals surface area contributed by atoms with Gasteiger partial charge in [-0.25, -0.2) is 9.78 Å². The second-order valence-corrected chi connectivity index (χ2v) is 7.16. The Morgan fingerprint density at radius 3 is 2.57 bits per heavy atom. The van der Waals surface area contributed by atoms with E-state index in [9.17, 15) is 9.59 Å². The van der Waals surface area contributed by atoms with E-state index in [1.807, 2.05) is 13.8 Å². The standard InChI is InChI=1S/C15H19ClN2O3/c1-14(2,3)21-13(20)18-11(19)8-15(4,5)9-6-7-10(16)17-12(9)18/h6-7H,8H2,1-5H3. The quantitative estimate of drug-likeness (QED) is 0.686. The van der Waals surface area contributed by atoms with Gasteiger partial charge in [-0.15, -0.1) is 0 Å². The van der Waals surface area contributed by atoms with Crippen molar-refractivity contribution in [2.45, 2.75) is 52.1 Å². The molecule has 0 unspecified atom stereocenters. The molecule has 6 heteroatoms. The second-order valence-electron chi connectivity index (χ2n) is 6.78. The van der Waals surface area contributed by atoms with Crippen molar-refractivity contribution in [3.8, 4) is 0 Å². The molecule has 0 fully saturated rings. The lowest BCUT2D eigenvalue weighted by atomic mass is 9.79. The van der Waals surface area contributed by atoms with Gasteiger partial charge < -0.3 is 4.74 Å². The number of aromatic nitrogens is 1. The van der Waals surface area contributed by atoms with Crippen molar-refractivity contribution in [2.75, 3.05) is 4.90 Å². The number of carbonyl (C=O) groups excluding carboxylic acids is 2. The number of hydrogen-bond donors (Lipinski definition) is 0. The maximum atomic E-state index is 12.4. The maximum absolute atomic E-state index is 12.4. The zero-order chi connectivity index (χ0) is 16.0. The first-order valence-electron chi connectivity index (χ1n) is 6.74. The van der Waals surface area contributed by atoms with Crippen LogP contribution in [0.3, 0.4) is 0 Å². The van der Waals surface area contributed by atoms with Gasteiger partial charge in [0.2, 0.25) is 5.91 Å². The van der Waals surface area contributed by atoms with E-state index in [2.05, 4.69) is 4.98 Å². The van der Waals surface area contributed by atoms with Crippen LogP contribution in [0.1, 0.15) is 46.6 Å². The van der Waals surface area contributed by atoms with Crippen molar-refractivity contribution >= 4 is 29.4 Å². The van der Waals surface area contributed by atoms with Crippen LogP contribution in [0.2, 0.25) is 5.15 Å². The first-order valence-corrected chi connectivity index (χ1v) is 7.12. The Bertz CT molecular complexity index is 605. The fraction of sp³-hybridized carbons (Fsp3) is 0.533. The molecule has 2 amide bonds. The monoisotopic (exact) mass is 310 g/mol. The van der Waals surface area contributed by atoms with Crippen LogP contribution < -0.4 is 4.90 Å². The average Bonchev–Trinajstić information content (AvgIpc) is 2.23. The van der Waals surface area contributed by atoms with Crippen LogP contribution in [-0.2, 0) is 14.9 Å². The summed E-state index contributed by atoms with van der Waals surface area (Å²) in [6.07, 6.45) is -0.512. The van der Waals surface area contributed by atoms with E-state index in [0.717, 1.165) is 10.5 Å². The predicted molar refractivity (Wildman–Crippen MR) is 80.6 cm³/mol. The maximum Gasteiger partial charge on any atom is 0.423 e. The van der Waals surface area contributed by atoms with E-state index in [4.69, 9.17) is 16.3 Å². The number of imide groups is 1. The van der Waals surface area contributed by atoms with Crippen molar-refractivity contribution in [2.24, 2.45) is 0 Å². The Morgan fingerprint density at radius 1 is 1.38 bits per heavy atom. The largest absolute Gasteiger partial charge is 0.443 e. The molecule has 0 saturated heterocycles. The van der Waals surface area contributed by atoms with Gasteiger partial charge in [-0.1, -0.05) is 31.5 Å². The Labute approximate surface area is 129 Å². The molecular formula is C15H19ClN2O3. The van der Waals surface area contributed by atoms with E-state index in [-0.39, 0.29) is 23.3 Å². The first kappa shape index (κ1) is 15.8. The number of anilines is 1. The number of carbonyl (C=O) groups is 2. The van der Waals surface area contributed by atoms with Gasteiger partial charge in [-0.05, 0) is 26.8 Å². The fourth-order valence-electron chi connectivity index (χ4n) is 2.29. The van der Waals surface area contributed by atoms with Crippen molar-refractivity contribution in [3.63, 3.8) is 0 Å². The summed E-state index contributed by atoms with van der Waals surface area (Å²) in [6, 6.07) is 3.46. The summed E-state index contributed by atoms with van der Waals surface area (Å²) in [5.41, 5.74) is -0.289. The van der Waals surface area contributed by atoms with Gasteiger partial charge in [-0.3, -0.25) is 4.79 Å². The topological polar surface area (TPSA) is 59.5 Å². The van der Waals surface area contributed by atoms with Gasteiger partial charge in [0.25, 0.3) is 0 Å². The summed E-state index contributed by atoms with van der Waals surface area (Å²) < 4.78 is 5.30. The van der Waals surface area contributed by atoms with Crippen LogP contribution in [0.5, 0.6) is 0 Å². The Hall–Kier alpha value is -1.62. The highest BCUT2D eigenvalue weighted by atomic mass is 35.5. The lowest BCUT2D eigenvalue weighted by Gasteiger charge is -2.36. The first-order chi connectivity index (χ1) is 9.51. The van der Waals surface area contributed by atoms with Gasteiger partial charge in [0.15, 0.2) is 5.82 Å². The molecule has 1 aliphatic rings. The number of hydrogen-bond acceptors (Lipinski definition) is 4. The molecule has 21 heavy (non-hydrogen) atoms. The minimum absolute atomic E-state index is 0.211. The van der Waals surface area contributed by atoms with Crippen LogP contribution in [0.4, 0.5) is 10.6 Å². The molecular weight excluding hydrogens is 292 g/mol. The Balaban J connectivity index is 2.50. The summed E-state index contributed by atoms with van der Waals surface area (Å²) in [6.45, 7) is 9.11. The van der Waals surface area contributed by atoms with Crippen LogP contribution in [0, 0.1) is 0 Å². The third kappa shape index (κ3) is 3.18. The molecule has 2 rings (SSSR count). The minimum atomic E-state index is -0.723. The third-order valence-electron chi connectivity index (χ3n) is 3.20. The molecule has 1 aromatic heterocycles. The molecule has 114 valence electrons. The van der Waals surface area contributed by atoms with E-state index in [0.29, 0.717) is 0 Å². The molecule has 1 aliphatic heterocycles. The van der Waals surface area contributed by atoms with Crippen molar-refractivity contribution in [1.29, 1.82) is 0 Å². The van der Waals surface area contributed by atoms with Crippen molar-refractivity contribution in [1.82, 2.24) is 4.98 Å². The number of nitrogens with zero attached hydrogens (tertiary/aromatic N) is 2. The van der Waals surface area contributed by atoms with Crippen molar-refractivity contribution in [3.05, 3.63) is 22.8 Å².